The molecule has 1 aliphatic heterocycles. The van der Waals surface area contributed by atoms with Crippen LogP contribution in [0.1, 0.15) is 30.0 Å². The highest BCUT2D eigenvalue weighted by Gasteiger charge is 2.25. The lowest BCUT2D eigenvalue weighted by atomic mass is 10.0. The molecule has 0 N–H and O–H groups in total. The lowest BCUT2D eigenvalue weighted by molar-refractivity contribution is 0.578. The van der Waals surface area contributed by atoms with Crippen molar-refractivity contribution in [3.8, 4) is 0 Å². The molecule has 0 radical (unpaired) electrons. The fraction of sp³-hybridized carbons (Fsp3) is 0.188. The minimum Gasteiger partial charge on any atom is -0.281 e. The van der Waals surface area contributed by atoms with Crippen LogP contribution in [0.5, 0.6) is 0 Å². The third-order valence-electron chi connectivity index (χ3n) is 3.54. The molecular weight excluding hydrogens is 343 g/mol. The standard InChI is InChI=1S/C16H11BrF3N/c17-9-4-5-10(13(20)8-9)14-6-7-15(21-14)16-11(18)2-1-3-12(16)19/h1-5,8,14H,6-7H2/t14-/m1/s1. The van der Waals surface area contributed by atoms with E-state index in [0.717, 1.165) is 0 Å². The third kappa shape index (κ3) is 2.75. The van der Waals surface area contributed by atoms with Crippen molar-refractivity contribution in [2.75, 3.05) is 0 Å². The van der Waals surface area contributed by atoms with Gasteiger partial charge in [-0.05, 0) is 37.1 Å². The van der Waals surface area contributed by atoms with Gasteiger partial charge in [0.05, 0.1) is 11.6 Å². The van der Waals surface area contributed by atoms with Gasteiger partial charge < -0.3 is 0 Å². The molecule has 0 aromatic heterocycles. The SMILES string of the molecule is Fc1cc(Br)ccc1[C@H]1CCC(c2c(F)cccc2F)=N1. The summed E-state index contributed by atoms with van der Waals surface area (Å²) in [6.07, 6.45) is 0.972. The lowest BCUT2D eigenvalue weighted by Crippen LogP contribution is -2.03. The van der Waals surface area contributed by atoms with Crippen molar-refractivity contribution in [2.45, 2.75) is 18.9 Å². The first-order valence-electron chi connectivity index (χ1n) is 6.52. The van der Waals surface area contributed by atoms with Crippen LogP contribution in [0.3, 0.4) is 0 Å². The van der Waals surface area contributed by atoms with Crippen LogP contribution in [0.2, 0.25) is 0 Å². The average molecular weight is 354 g/mol. The first-order valence-corrected chi connectivity index (χ1v) is 7.31. The number of nitrogens with zero attached hydrogens (tertiary/aromatic N) is 1. The summed E-state index contributed by atoms with van der Waals surface area (Å²) in [5.74, 6) is -1.63. The average Bonchev–Trinajstić information content (AvgIpc) is 2.87. The van der Waals surface area contributed by atoms with Crippen LogP contribution in [0.15, 0.2) is 45.9 Å². The first kappa shape index (κ1) is 14.3. The van der Waals surface area contributed by atoms with Crippen LogP contribution < -0.4 is 0 Å². The molecule has 0 amide bonds. The summed E-state index contributed by atoms with van der Waals surface area (Å²) >= 11 is 3.20. The van der Waals surface area contributed by atoms with Gasteiger partial charge in [-0.3, -0.25) is 4.99 Å². The van der Waals surface area contributed by atoms with Crippen molar-refractivity contribution >= 4 is 21.6 Å². The second-order valence-corrected chi connectivity index (χ2v) is 5.81. The summed E-state index contributed by atoms with van der Waals surface area (Å²) in [5, 5.41) is 0. The molecule has 1 aliphatic rings. The Bertz CT molecular complexity index is 707. The van der Waals surface area contributed by atoms with E-state index in [2.05, 4.69) is 20.9 Å². The molecule has 21 heavy (non-hydrogen) atoms. The van der Waals surface area contributed by atoms with Crippen molar-refractivity contribution in [3.05, 3.63) is 69.4 Å². The summed E-state index contributed by atoms with van der Waals surface area (Å²) in [6, 6.07) is 8.07. The van der Waals surface area contributed by atoms with Gasteiger partial charge in [0.1, 0.15) is 17.5 Å². The molecule has 5 heteroatoms. The lowest BCUT2D eigenvalue weighted by Gasteiger charge is -2.08. The molecular formula is C16H11BrF3N. The summed E-state index contributed by atoms with van der Waals surface area (Å²) in [5.41, 5.74) is 0.709. The van der Waals surface area contributed by atoms with Gasteiger partial charge in [-0.1, -0.05) is 28.1 Å². The molecule has 0 spiro atoms. The van der Waals surface area contributed by atoms with E-state index in [-0.39, 0.29) is 11.4 Å². The molecule has 1 heterocycles. The first-order chi connectivity index (χ1) is 10.1. The van der Waals surface area contributed by atoms with E-state index in [4.69, 9.17) is 0 Å². The summed E-state index contributed by atoms with van der Waals surface area (Å²) in [6.45, 7) is 0. The molecule has 0 aliphatic carbocycles. The highest BCUT2D eigenvalue weighted by Crippen LogP contribution is 2.34. The van der Waals surface area contributed by atoms with Gasteiger partial charge in [-0.15, -0.1) is 0 Å². The molecule has 2 aromatic carbocycles. The van der Waals surface area contributed by atoms with Gasteiger partial charge >= 0.3 is 0 Å². The van der Waals surface area contributed by atoms with E-state index in [9.17, 15) is 13.2 Å². The number of rotatable bonds is 2. The van der Waals surface area contributed by atoms with E-state index < -0.39 is 17.7 Å². The Morgan fingerprint density at radius 2 is 1.71 bits per heavy atom. The largest absolute Gasteiger partial charge is 0.281 e. The minimum absolute atomic E-state index is 0.0995. The van der Waals surface area contributed by atoms with Crippen LogP contribution in [0.25, 0.3) is 0 Å². The molecule has 0 fully saturated rings. The number of halogens is 4. The second-order valence-electron chi connectivity index (χ2n) is 4.89. The normalized spacial score (nSPS) is 17.9. The van der Waals surface area contributed by atoms with Crippen molar-refractivity contribution in [2.24, 2.45) is 4.99 Å². The fourth-order valence-corrected chi connectivity index (χ4v) is 2.88. The maximum absolute atomic E-state index is 13.9. The molecule has 1 atom stereocenters. The zero-order chi connectivity index (χ0) is 15.0. The Balaban J connectivity index is 1.98. The van der Waals surface area contributed by atoms with Gasteiger partial charge in [-0.25, -0.2) is 13.2 Å². The van der Waals surface area contributed by atoms with Crippen LogP contribution >= 0.6 is 15.9 Å². The van der Waals surface area contributed by atoms with Crippen LogP contribution in [-0.4, -0.2) is 5.71 Å². The van der Waals surface area contributed by atoms with Crippen LogP contribution in [0, 0.1) is 17.5 Å². The summed E-state index contributed by atoms with van der Waals surface area (Å²) in [7, 11) is 0. The number of aliphatic imine (C=N–C) groups is 1. The smallest absolute Gasteiger partial charge is 0.135 e. The fourth-order valence-electron chi connectivity index (χ4n) is 2.55. The number of hydrogen-bond acceptors (Lipinski definition) is 1. The van der Waals surface area contributed by atoms with Crippen molar-refractivity contribution in [3.63, 3.8) is 0 Å². The zero-order valence-electron chi connectivity index (χ0n) is 10.9. The van der Waals surface area contributed by atoms with Gasteiger partial charge in [0.2, 0.25) is 0 Å². The quantitative estimate of drug-likeness (QED) is 0.704. The molecule has 3 rings (SSSR count). The molecule has 2 aromatic rings. The molecule has 0 saturated heterocycles. The summed E-state index contributed by atoms with van der Waals surface area (Å²) < 4.78 is 42.1. The van der Waals surface area contributed by atoms with E-state index >= 15 is 0 Å². The topological polar surface area (TPSA) is 12.4 Å². The van der Waals surface area contributed by atoms with Gasteiger partial charge in [0.25, 0.3) is 0 Å². The van der Waals surface area contributed by atoms with Crippen LogP contribution in [-0.2, 0) is 0 Å². The maximum atomic E-state index is 13.9. The second kappa shape index (κ2) is 5.64. The third-order valence-corrected chi connectivity index (χ3v) is 4.03. The van der Waals surface area contributed by atoms with Gasteiger partial charge in [0.15, 0.2) is 0 Å². The highest BCUT2D eigenvalue weighted by molar-refractivity contribution is 9.10. The van der Waals surface area contributed by atoms with E-state index in [1.807, 2.05) is 0 Å². The molecule has 1 nitrogen and oxygen atoms in total. The predicted molar refractivity (Wildman–Crippen MR) is 79.0 cm³/mol. The molecule has 108 valence electrons. The minimum atomic E-state index is -0.634. The van der Waals surface area contributed by atoms with Crippen molar-refractivity contribution in [1.82, 2.24) is 0 Å². The zero-order valence-corrected chi connectivity index (χ0v) is 12.5. The van der Waals surface area contributed by atoms with E-state index in [1.54, 1.807) is 12.1 Å². The Morgan fingerprint density at radius 1 is 1.00 bits per heavy atom. The highest BCUT2D eigenvalue weighted by atomic mass is 79.9. The molecule has 0 saturated carbocycles. The number of benzene rings is 2. The maximum Gasteiger partial charge on any atom is 0.135 e. The van der Waals surface area contributed by atoms with Crippen LogP contribution in [0.4, 0.5) is 13.2 Å². The Labute approximate surface area is 128 Å². The van der Waals surface area contributed by atoms with E-state index in [1.165, 1.54) is 24.3 Å². The Hall–Kier alpha value is -1.62. The van der Waals surface area contributed by atoms with E-state index in [0.29, 0.717) is 28.6 Å². The molecule has 0 bridgehead atoms. The summed E-state index contributed by atoms with van der Waals surface area (Å²) in [4.78, 5) is 4.32. The van der Waals surface area contributed by atoms with Crippen molar-refractivity contribution in [1.29, 1.82) is 0 Å². The monoisotopic (exact) mass is 353 g/mol. The Morgan fingerprint density at radius 3 is 2.38 bits per heavy atom. The Kier molecular flexibility index (Phi) is 3.85. The van der Waals surface area contributed by atoms with Gasteiger partial charge in [-0.2, -0.15) is 0 Å². The van der Waals surface area contributed by atoms with Gasteiger partial charge in [0, 0.05) is 15.7 Å². The van der Waals surface area contributed by atoms with Crippen molar-refractivity contribution < 1.29 is 13.2 Å². The molecule has 0 unspecified atom stereocenters. The number of hydrogen-bond donors (Lipinski definition) is 0. The predicted octanol–water partition coefficient (Wildman–Crippen LogP) is 5.19.